The van der Waals surface area contributed by atoms with Crippen LogP contribution in [0.3, 0.4) is 0 Å². The largest absolute Gasteiger partial charge is 0.371 e. The maximum atomic E-state index is 4.47. The van der Waals surface area contributed by atoms with Gasteiger partial charge in [0.2, 0.25) is 0 Å². The van der Waals surface area contributed by atoms with Crippen molar-refractivity contribution in [1.82, 2.24) is 10.3 Å². The summed E-state index contributed by atoms with van der Waals surface area (Å²) in [6, 6.07) is 2.23. The average Bonchev–Trinajstić information content (AvgIpc) is 2.46. The molecule has 1 atom stereocenters. The molecule has 20 heavy (non-hydrogen) atoms. The molecule has 0 amide bonds. The van der Waals surface area contributed by atoms with Crippen LogP contribution >= 0.6 is 0 Å². The van der Waals surface area contributed by atoms with Gasteiger partial charge in [-0.15, -0.1) is 0 Å². The number of nitrogens with one attached hydrogen (secondary N) is 1. The van der Waals surface area contributed by atoms with Crippen molar-refractivity contribution < 1.29 is 0 Å². The van der Waals surface area contributed by atoms with Gasteiger partial charge in [-0.1, -0.05) is 27.2 Å². The molecule has 3 nitrogen and oxygen atoms in total. The molecule has 0 fully saturated rings. The van der Waals surface area contributed by atoms with Gasteiger partial charge in [-0.25, -0.2) is 0 Å². The molecule has 3 heteroatoms. The molecule has 0 aliphatic rings. The second-order valence-electron chi connectivity index (χ2n) is 5.68. The highest BCUT2D eigenvalue weighted by atomic mass is 15.1. The van der Waals surface area contributed by atoms with Gasteiger partial charge in [0.05, 0.1) is 0 Å². The first-order valence-electron chi connectivity index (χ1n) is 8.03. The molecule has 0 saturated heterocycles. The van der Waals surface area contributed by atoms with Crippen molar-refractivity contribution in [3.05, 3.63) is 23.5 Å². The molecule has 0 bridgehead atoms. The molecule has 0 aliphatic carbocycles. The lowest BCUT2D eigenvalue weighted by molar-refractivity contribution is 0.546. The molecular formula is C17H31N3. The topological polar surface area (TPSA) is 28.2 Å². The van der Waals surface area contributed by atoms with E-state index in [-0.39, 0.29) is 0 Å². The molecule has 1 rings (SSSR count). The lowest BCUT2D eigenvalue weighted by Crippen LogP contribution is -2.30. The zero-order chi connectivity index (χ0) is 15.0. The fourth-order valence-corrected chi connectivity index (χ4v) is 2.31. The number of aromatic nitrogens is 1. The van der Waals surface area contributed by atoms with Crippen molar-refractivity contribution in [1.29, 1.82) is 0 Å². The highest BCUT2D eigenvalue weighted by Gasteiger charge is 2.13. The van der Waals surface area contributed by atoms with Crippen molar-refractivity contribution in [3.63, 3.8) is 0 Å². The summed E-state index contributed by atoms with van der Waals surface area (Å²) in [5, 5.41) is 3.49. The van der Waals surface area contributed by atoms with Gasteiger partial charge in [-0.05, 0) is 38.8 Å². The fraction of sp³-hybridized carbons (Fsp3) is 0.706. The maximum absolute atomic E-state index is 4.47. The third-order valence-corrected chi connectivity index (χ3v) is 3.79. The third-order valence-electron chi connectivity index (χ3n) is 3.79. The van der Waals surface area contributed by atoms with E-state index >= 15 is 0 Å². The molecule has 1 aromatic rings. The Morgan fingerprint density at radius 1 is 1.30 bits per heavy atom. The smallest absolute Gasteiger partial charge is 0.0445 e. The van der Waals surface area contributed by atoms with Gasteiger partial charge < -0.3 is 10.2 Å². The normalized spacial score (nSPS) is 12.4. The minimum atomic E-state index is 0.722. The van der Waals surface area contributed by atoms with Crippen LogP contribution < -0.4 is 10.2 Å². The molecule has 0 saturated carbocycles. The average molecular weight is 277 g/mol. The van der Waals surface area contributed by atoms with Gasteiger partial charge in [0, 0.05) is 42.8 Å². The van der Waals surface area contributed by atoms with E-state index in [4.69, 9.17) is 0 Å². The van der Waals surface area contributed by atoms with Crippen molar-refractivity contribution in [2.45, 2.75) is 54.0 Å². The Hall–Kier alpha value is -1.09. The zero-order valence-corrected chi connectivity index (χ0v) is 13.9. The van der Waals surface area contributed by atoms with Gasteiger partial charge in [0.25, 0.3) is 0 Å². The Labute approximate surface area is 124 Å². The van der Waals surface area contributed by atoms with Crippen molar-refractivity contribution in [2.24, 2.45) is 5.92 Å². The lowest BCUT2D eigenvalue weighted by Gasteiger charge is -2.28. The number of anilines is 1. The predicted molar refractivity (Wildman–Crippen MR) is 88.3 cm³/mol. The van der Waals surface area contributed by atoms with Crippen LogP contribution in [0.5, 0.6) is 0 Å². The van der Waals surface area contributed by atoms with E-state index in [2.05, 4.69) is 55.9 Å². The molecule has 1 aromatic heterocycles. The first-order chi connectivity index (χ1) is 9.62. The second-order valence-corrected chi connectivity index (χ2v) is 5.68. The number of hydrogen-bond donors (Lipinski definition) is 1. The van der Waals surface area contributed by atoms with Gasteiger partial charge in [0.15, 0.2) is 0 Å². The minimum absolute atomic E-state index is 0.722. The third kappa shape index (κ3) is 5.12. The van der Waals surface area contributed by atoms with E-state index in [1.54, 1.807) is 0 Å². The highest BCUT2D eigenvalue weighted by Crippen LogP contribution is 2.22. The molecule has 1 heterocycles. The van der Waals surface area contributed by atoms with Crippen LogP contribution in [0.15, 0.2) is 12.3 Å². The number of aryl methyl sites for hydroxylation is 1. The summed E-state index contributed by atoms with van der Waals surface area (Å²) < 4.78 is 0. The Kier molecular flexibility index (Phi) is 7.60. The van der Waals surface area contributed by atoms with E-state index in [1.165, 1.54) is 24.1 Å². The number of pyridine rings is 1. The Morgan fingerprint density at radius 3 is 2.65 bits per heavy atom. The van der Waals surface area contributed by atoms with Gasteiger partial charge >= 0.3 is 0 Å². The van der Waals surface area contributed by atoms with Crippen LogP contribution in [0.2, 0.25) is 0 Å². The van der Waals surface area contributed by atoms with E-state index in [9.17, 15) is 0 Å². The van der Waals surface area contributed by atoms with Crippen molar-refractivity contribution >= 4 is 5.69 Å². The van der Waals surface area contributed by atoms with Gasteiger partial charge in [0.1, 0.15) is 0 Å². The molecule has 0 spiro atoms. The Balaban J connectivity index is 2.90. The van der Waals surface area contributed by atoms with Gasteiger partial charge in [-0.3, -0.25) is 4.98 Å². The summed E-state index contributed by atoms with van der Waals surface area (Å²) >= 11 is 0. The maximum Gasteiger partial charge on any atom is 0.0445 e. The van der Waals surface area contributed by atoms with Crippen LogP contribution in [-0.4, -0.2) is 24.6 Å². The summed E-state index contributed by atoms with van der Waals surface area (Å²) in [6.07, 6.45) is 4.43. The minimum Gasteiger partial charge on any atom is -0.371 e. The molecule has 1 unspecified atom stereocenters. The summed E-state index contributed by atoms with van der Waals surface area (Å²) in [5.41, 5.74) is 3.76. The second kappa shape index (κ2) is 8.96. The van der Waals surface area contributed by atoms with E-state index in [0.29, 0.717) is 0 Å². The standard InChI is InChI=1S/C17H31N3/c1-6-9-18-11-16-12-19-15(5)10-17(16)20(8-3)13-14(4)7-2/h10,12,14,18H,6-9,11,13H2,1-5H3. The lowest BCUT2D eigenvalue weighted by atomic mass is 10.1. The zero-order valence-electron chi connectivity index (χ0n) is 13.9. The van der Waals surface area contributed by atoms with E-state index in [0.717, 1.165) is 37.8 Å². The molecule has 0 radical (unpaired) electrons. The van der Waals surface area contributed by atoms with Crippen LogP contribution in [0.4, 0.5) is 5.69 Å². The van der Waals surface area contributed by atoms with Crippen LogP contribution in [-0.2, 0) is 6.54 Å². The summed E-state index contributed by atoms with van der Waals surface area (Å²) in [7, 11) is 0. The molecule has 114 valence electrons. The molecule has 0 aromatic carbocycles. The van der Waals surface area contributed by atoms with Crippen molar-refractivity contribution in [2.75, 3.05) is 24.5 Å². The summed E-state index contributed by atoms with van der Waals surface area (Å²) in [4.78, 5) is 6.96. The van der Waals surface area contributed by atoms with Crippen LogP contribution in [0.25, 0.3) is 0 Å². The SMILES string of the molecule is CCCNCc1cnc(C)cc1N(CC)CC(C)CC. The Morgan fingerprint density at radius 2 is 2.05 bits per heavy atom. The van der Waals surface area contributed by atoms with E-state index < -0.39 is 0 Å². The summed E-state index contributed by atoms with van der Waals surface area (Å²) in [5.74, 6) is 0.722. The molecular weight excluding hydrogens is 246 g/mol. The summed E-state index contributed by atoms with van der Waals surface area (Å²) in [6.45, 7) is 15.2. The van der Waals surface area contributed by atoms with Crippen LogP contribution in [0.1, 0.15) is 51.8 Å². The Bertz CT molecular complexity index is 390. The molecule has 0 aliphatic heterocycles. The monoisotopic (exact) mass is 277 g/mol. The number of nitrogens with zero attached hydrogens (tertiary/aromatic N) is 2. The highest BCUT2D eigenvalue weighted by molar-refractivity contribution is 5.53. The number of rotatable bonds is 9. The first-order valence-corrected chi connectivity index (χ1v) is 8.03. The van der Waals surface area contributed by atoms with Gasteiger partial charge in [-0.2, -0.15) is 0 Å². The first kappa shape index (κ1) is 17.0. The van der Waals surface area contributed by atoms with E-state index in [1.807, 2.05) is 6.20 Å². The fourth-order valence-electron chi connectivity index (χ4n) is 2.31. The molecule has 1 N–H and O–H groups in total. The quantitative estimate of drug-likeness (QED) is 0.697. The number of hydrogen-bond acceptors (Lipinski definition) is 3. The van der Waals surface area contributed by atoms with Crippen molar-refractivity contribution in [3.8, 4) is 0 Å². The predicted octanol–water partition coefficient (Wildman–Crippen LogP) is 3.76. The van der Waals surface area contributed by atoms with Crippen LogP contribution in [0, 0.1) is 12.8 Å².